The van der Waals surface area contributed by atoms with Crippen LogP contribution in [0.4, 0.5) is 5.69 Å². The molecule has 0 spiro atoms. The Morgan fingerprint density at radius 1 is 1.03 bits per heavy atom. The maximum Gasteiger partial charge on any atom is 0.188 e. The lowest BCUT2D eigenvalue weighted by atomic mass is 9.73. The minimum Gasteiger partial charge on any atom is -0.497 e. The SMILES string of the molecule is COc1cc(NC(C(=O)c2c[nH]cc2-c2ccccc2)C2(C)C=CC=CC2)cc(OC)c1. The van der Waals surface area contributed by atoms with Crippen molar-refractivity contribution in [3.05, 3.63) is 90.8 Å². The van der Waals surface area contributed by atoms with E-state index < -0.39 is 11.5 Å². The van der Waals surface area contributed by atoms with Crippen molar-refractivity contribution < 1.29 is 14.3 Å². The number of H-pyrrole nitrogens is 1. The second kappa shape index (κ2) is 9.18. The van der Waals surface area contributed by atoms with Gasteiger partial charge in [0.1, 0.15) is 11.5 Å². The first-order chi connectivity index (χ1) is 15.5. The topological polar surface area (TPSA) is 63.3 Å². The molecule has 164 valence electrons. The number of anilines is 1. The average molecular weight is 429 g/mol. The van der Waals surface area contributed by atoms with Crippen molar-refractivity contribution in [3.63, 3.8) is 0 Å². The van der Waals surface area contributed by atoms with E-state index in [1.807, 2.05) is 66.9 Å². The Kier molecular flexibility index (Phi) is 6.17. The summed E-state index contributed by atoms with van der Waals surface area (Å²) in [7, 11) is 3.23. The quantitative estimate of drug-likeness (QED) is 0.440. The van der Waals surface area contributed by atoms with Crippen LogP contribution in [-0.2, 0) is 0 Å². The number of rotatable bonds is 8. The zero-order chi connectivity index (χ0) is 22.6. The van der Waals surface area contributed by atoms with Gasteiger partial charge in [-0.25, -0.2) is 0 Å². The molecule has 5 heteroatoms. The Hall–Kier alpha value is -3.73. The lowest BCUT2D eigenvalue weighted by Crippen LogP contribution is -2.44. The van der Waals surface area contributed by atoms with Gasteiger partial charge in [-0.1, -0.05) is 61.6 Å². The predicted molar refractivity (Wildman–Crippen MR) is 129 cm³/mol. The van der Waals surface area contributed by atoms with Crippen LogP contribution in [0, 0.1) is 5.41 Å². The van der Waals surface area contributed by atoms with Crippen LogP contribution in [0.25, 0.3) is 11.1 Å². The fourth-order valence-corrected chi connectivity index (χ4v) is 4.13. The van der Waals surface area contributed by atoms with E-state index in [2.05, 4.69) is 29.4 Å². The third kappa shape index (κ3) is 4.33. The number of benzene rings is 2. The first-order valence-electron chi connectivity index (χ1n) is 10.6. The van der Waals surface area contributed by atoms with Gasteiger partial charge in [0.05, 0.1) is 20.3 Å². The number of methoxy groups -OCH3 is 2. The molecular formula is C27H28N2O3. The second-order valence-electron chi connectivity index (χ2n) is 8.19. The van der Waals surface area contributed by atoms with Crippen LogP contribution in [0.15, 0.2) is 85.2 Å². The van der Waals surface area contributed by atoms with Crippen molar-refractivity contribution in [1.29, 1.82) is 0 Å². The number of carbonyl (C=O) groups is 1. The molecule has 0 aliphatic heterocycles. The Labute approximate surface area is 188 Å². The van der Waals surface area contributed by atoms with Crippen LogP contribution < -0.4 is 14.8 Å². The van der Waals surface area contributed by atoms with Gasteiger partial charge < -0.3 is 19.8 Å². The number of aromatic nitrogens is 1. The Morgan fingerprint density at radius 2 is 1.75 bits per heavy atom. The zero-order valence-corrected chi connectivity index (χ0v) is 18.6. The molecule has 32 heavy (non-hydrogen) atoms. The summed E-state index contributed by atoms with van der Waals surface area (Å²) < 4.78 is 10.8. The van der Waals surface area contributed by atoms with Gasteiger partial charge in [-0.2, -0.15) is 0 Å². The summed E-state index contributed by atoms with van der Waals surface area (Å²) in [6.45, 7) is 2.11. The Bertz CT molecular complexity index is 1120. The van der Waals surface area contributed by atoms with Crippen LogP contribution in [0.1, 0.15) is 23.7 Å². The highest BCUT2D eigenvalue weighted by Crippen LogP contribution is 2.37. The third-order valence-electron chi connectivity index (χ3n) is 5.96. The molecular weight excluding hydrogens is 400 g/mol. The number of hydrogen-bond donors (Lipinski definition) is 2. The zero-order valence-electron chi connectivity index (χ0n) is 18.6. The number of hydrogen-bond acceptors (Lipinski definition) is 4. The van der Waals surface area contributed by atoms with E-state index in [-0.39, 0.29) is 5.78 Å². The van der Waals surface area contributed by atoms with E-state index in [9.17, 15) is 4.79 Å². The summed E-state index contributed by atoms with van der Waals surface area (Å²) in [5.74, 6) is 1.34. The fraction of sp³-hybridized carbons (Fsp3) is 0.222. The molecule has 2 aromatic carbocycles. The van der Waals surface area contributed by atoms with E-state index in [1.54, 1.807) is 20.4 Å². The minimum absolute atomic E-state index is 0.0225. The molecule has 1 aliphatic rings. The van der Waals surface area contributed by atoms with E-state index in [4.69, 9.17) is 9.47 Å². The second-order valence-corrected chi connectivity index (χ2v) is 8.19. The molecule has 1 heterocycles. The first kappa shape index (κ1) is 21.5. The molecule has 0 fully saturated rings. The van der Waals surface area contributed by atoms with Gasteiger partial charge in [-0.3, -0.25) is 4.79 Å². The molecule has 4 rings (SSSR count). The largest absolute Gasteiger partial charge is 0.497 e. The van der Waals surface area contributed by atoms with Crippen molar-refractivity contribution in [3.8, 4) is 22.6 Å². The maximum absolute atomic E-state index is 14.0. The molecule has 0 saturated carbocycles. The molecule has 2 unspecified atom stereocenters. The Morgan fingerprint density at radius 3 is 2.38 bits per heavy atom. The average Bonchev–Trinajstić information content (AvgIpc) is 3.33. The van der Waals surface area contributed by atoms with E-state index in [0.717, 1.165) is 23.2 Å². The van der Waals surface area contributed by atoms with Gasteiger partial charge in [0.2, 0.25) is 0 Å². The van der Waals surface area contributed by atoms with E-state index in [0.29, 0.717) is 17.1 Å². The van der Waals surface area contributed by atoms with Crippen LogP contribution in [0.3, 0.4) is 0 Å². The van der Waals surface area contributed by atoms with Gasteiger partial charge in [0.25, 0.3) is 0 Å². The van der Waals surface area contributed by atoms with Gasteiger partial charge in [0, 0.05) is 52.8 Å². The Balaban J connectivity index is 1.75. The molecule has 3 aromatic rings. The van der Waals surface area contributed by atoms with Crippen molar-refractivity contribution in [2.75, 3.05) is 19.5 Å². The number of nitrogens with one attached hydrogen (secondary N) is 2. The summed E-state index contributed by atoms with van der Waals surface area (Å²) in [5.41, 5.74) is 2.91. The number of allylic oxidation sites excluding steroid dienone is 3. The number of carbonyl (C=O) groups excluding carboxylic acids is 1. The van der Waals surface area contributed by atoms with Crippen LogP contribution in [0.2, 0.25) is 0 Å². The maximum atomic E-state index is 14.0. The number of ketones is 1. The molecule has 5 nitrogen and oxygen atoms in total. The van der Waals surface area contributed by atoms with Crippen molar-refractivity contribution in [2.45, 2.75) is 19.4 Å². The molecule has 2 atom stereocenters. The predicted octanol–water partition coefficient (Wildman–Crippen LogP) is 5.88. The summed E-state index contributed by atoms with van der Waals surface area (Å²) >= 11 is 0. The van der Waals surface area contributed by atoms with Gasteiger partial charge in [-0.05, 0) is 12.0 Å². The smallest absolute Gasteiger partial charge is 0.188 e. The molecule has 0 radical (unpaired) electrons. The van der Waals surface area contributed by atoms with Crippen molar-refractivity contribution >= 4 is 11.5 Å². The van der Waals surface area contributed by atoms with Gasteiger partial charge in [0.15, 0.2) is 5.78 Å². The van der Waals surface area contributed by atoms with Gasteiger partial charge in [-0.15, -0.1) is 0 Å². The summed E-state index contributed by atoms with van der Waals surface area (Å²) in [4.78, 5) is 17.1. The number of ether oxygens (including phenoxy) is 2. The van der Waals surface area contributed by atoms with Gasteiger partial charge >= 0.3 is 0 Å². The van der Waals surface area contributed by atoms with E-state index in [1.165, 1.54) is 0 Å². The first-order valence-corrected chi connectivity index (χ1v) is 10.6. The number of aromatic amines is 1. The summed E-state index contributed by atoms with van der Waals surface area (Å²) in [5, 5.41) is 3.50. The highest BCUT2D eigenvalue weighted by atomic mass is 16.5. The minimum atomic E-state index is -0.501. The van der Waals surface area contributed by atoms with Crippen LogP contribution in [0.5, 0.6) is 11.5 Å². The molecule has 0 amide bonds. The highest BCUT2D eigenvalue weighted by Gasteiger charge is 2.38. The molecule has 2 N–H and O–H groups in total. The third-order valence-corrected chi connectivity index (χ3v) is 5.96. The lowest BCUT2D eigenvalue weighted by molar-refractivity contribution is 0.0922. The lowest BCUT2D eigenvalue weighted by Gasteiger charge is -2.36. The standard InChI is InChI=1S/C27H28N2O3/c1-27(12-8-5-9-13-27)26(29-20-14-21(31-2)16-22(15-20)32-3)25(30)24-18-28-17-23(24)19-10-6-4-7-11-19/h4-12,14-18,26,28-29H,13H2,1-3H3. The molecule has 0 bridgehead atoms. The van der Waals surface area contributed by atoms with E-state index >= 15 is 0 Å². The molecule has 1 aromatic heterocycles. The van der Waals surface area contributed by atoms with Crippen molar-refractivity contribution in [1.82, 2.24) is 4.98 Å². The summed E-state index contributed by atoms with van der Waals surface area (Å²) in [6.07, 6.45) is 12.7. The normalized spacial score (nSPS) is 18.2. The monoisotopic (exact) mass is 428 g/mol. The van der Waals surface area contributed by atoms with Crippen molar-refractivity contribution in [2.24, 2.45) is 5.41 Å². The van der Waals surface area contributed by atoms with Crippen LogP contribution in [-0.4, -0.2) is 31.0 Å². The van der Waals surface area contributed by atoms with Crippen LogP contribution >= 0.6 is 0 Å². The molecule has 1 aliphatic carbocycles. The summed E-state index contributed by atoms with van der Waals surface area (Å²) in [6, 6.07) is 15.0. The molecule has 0 saturated heterocycles. The fourth-order valence-electron chi connectivity index (χ4n) is 4.13. The highest BCUT2D eigenvalue weighted by molar-refractivity contribution is 6.07. The number of Topliss-reactive ketones (excluding diaryl/α,β-unsaturated/α-hetero) is 1.